The van der Waals surface area contributed by atoms with Crippen LogP contribution >= 0.6 is 0 Å². The lowest BCUT2D eigenvalue weighted by atomic mass is 10.1. The van der Waals surface area contributed by atoms with Gasteiger partial charge in [-0.3, -0.25) is 9.69 Å². The summed E-state index contributed by atoms with van der Waals surface area (Å²) in [6, 6.07) is 6.18. The van der Waals surface area contributed by atoms with E-state index < -0.39 is 0 Å². The summed E-state index contributed by atoms with van der Waals surface area (Å²) in [5.41, 5.74) is 0.892. The molecule has 18 heavy (non-hydrogen) atoms. The highest BCUT2D eigenvalue weighted by Gasteiger charge is 2.24. The molecule has 0 heterocycles. The number of carbonyl (C=O) groups excluding carboxylic acids is 1. The third-order valence-corrected chi connectivity index (χ3v) is 3.38. The first-order valence-corrected chi connectivity index (χ1v) is 6.66. The van der Waals surface area contributed by atoms with E-state index in [-0.39, 0.29) is 11.6 Å². The molecule has 0 aromatic heterocycles. The minimum absolute atomic E-state index is 0.212. The molecule has 1 aliphatic carbocycles. The molecule has 0 saturated heterocycles. The van der Waals surface area contributed by atoms with Gasteiger partial charge in [-0.15, -0.1) is 0 Å². The monoisotopic (exact) mass is 249 g/mol. The van der Waals surface area contributed by atoms with Crippen LogP contribution in [0.1, 0.15) is 25.3 Å². The third-order valence-electron chi connectivity index (χ3n) is 3.38. The Morgan fingerprint density at radius 1 is 1.33 bits per heavy atom. The van der Waals surface area contributed by atoms with E-state index in [0.29, 0.717) is 13.0 Å². The minimum atomic E-state index is -0.255. The molecule has 1 aliphatic rings. The molecule has 1 aromatic rings. The van der Waals surface area contributed by atoms with Gasteiger partial charge < -0.3 is 0 Å². The van der Waals surface area contributed by atoms with E-state index in [2.05, 4.69) is 11.8 Å². The fourth-order valence-electron chi connectivity index (χ4n) is 2.11. The number of halogens is 1. The molecule has 3 heteroatoms. The van der Waals surface area contributed by atoms with Gasteiger partial charge in [-0.25, -0.2) is 4.39 Å². The molecular formula is C15H20FNO. The first-order chi connectivity index (χ1) is 8.67. The Hall–Kier alpha value is -1.22. The number of carbonyl (C=O) groups is 1. The molecule has 1 aromatic carbocycles. The predicted octanol–water partition coefficient (Wildman–Crippen LogP) is 2.67. The smallest absolute Gasteiger partial charge is 0.151 e. The summed E-state index contributed by atoms with van der Waals surface area (Å²) >= 11 is 0. The quantitative estimate of drug-likeness (QED) is 0.740. The van der Waals surface area contributed by atoms with Crippen LogP contribution in [0, 0.1) is 11.7 Å². The minimum Gasteiger partial charge on any atom is -0.298 e. The molecule has 0 unspecified atom stereocenters. The van der Waals surface area contributed by atoms with Gasteiger partial charge in [0, 0.05) is 13.0 Å². The van der Waals surface area contributed by atoms with Gasteiger partial charge in [0.15, 0.2) is 5.78 Å². The van der Waals surface area contributed by atoms with Crippen molar-refractivity contribution in [2.45, 2.75) is 26.2 Å². The van der Waals surface area contributed by atoms with E-state index >= 15 is 0 Å². The van der Waals surface area contributed by atoms with E-state index in [9.17, 15) is 9.18 Å². The Morgan fingerprint density at radius 3 is 2.56 bits per heavy atom. The summed E-state index contributed by atoms with van der Waals surface area (Å²) in [6.45, 7) is 4.58. The molecule has 1 fully saturated rings. The van der Waals surface area contributed by atoms with Crippen LogP contribution in [0.25, 0.3) is 0 Å². The Labute approximate surface area is 108 Å². The molecule has 1 saturated carbocycles. The van der Waals surface area contributed by atoms with Gasteiger partial charge in [0.05, 0.1) is 6.54 Å². The molecule has 2 nitrogen and oxygen atoms in total. The van der Waals surface area contributed by atoms with E-state index in [1.54, 1.807) is 12.1 Å². The zero-order valence-corrected chi connectivity index (χ0v) is 10.9. The standard InChI is InChI=1S/C15H20FNO/c1-2-17(10-13-3-4-13)11-15(18)9-12-5-7-14(16)8-6-12/h5-8,13H,2-4,9-11H2,1H3. The van der Waals surface area contributed by atoms with Crippen LogP contribution in [0.5, 0.6) is 0 Å². The number of ketones is 1. The second-order valence-electron chi connectivity index (χ2n) is 5.11. The maximum atomic E-state index is 12.7. The lowest BCUT2D eigenvalue weighted by Gasteiger charge is -2.19. The Balaban J connectivity index is 1.81. The third kappa shape index (κ3) is 4.22. The van der Waals surface area contributed by atoms with Crippen molar-refractivity contribution >= 4 is 5.78 Å². The topological polar surface area (TPSA) is 20.3 Å². The van der Waals surface area contributed by atoms with E-state index in [1.807, 2.05) is 0 Å². The average molecular weight is 249 g/mol. The first-order valence-electron chi connectivity index (χ1n) is 6.66. The van der Waals surface area contributed by atoms with Crippen molar-refractivity contribution in [3.8, 4) is 0 Å². The molecule has 0 amide bonds. The summed E-state index contributed by atoms with van der Waals surface area (Å²) in [5.74, 6) is 0.766. The van der Waals surface area contributed by atoms with Crippen LogP contribution < -0.4 is 0 Å². The average Bonchev–Trinajstić information content (AvgIpc) is 3.15. The van der Waals surface area contributed by atoms with Crippen LogP contribution in [0.15, 0.2) is 24.3 Å². The Bertz CT molecular complexity index is 397. The van der Waals surface area contributed by atoms with Crippen LogP contribution in [0.3, 0.4) is 0 Å². The summed E-state index contributed by atoms with van der Waals surface area (Å²) in [6.07, 6.45) is 3.02. The summed E-state index contributed by atoms with van der Waals surface area (Å²) < 4.78 is 12.7. The van der Waals surface area contributed by atoms with Gasteiger partial charge in [-0.2, -0.15) is 0 Å². The van der Waals surface area contributed by atoms with Crippen molar-refractivity contribution in [3.05, 3.63) is 35.6 Å². The number of rotatable bonds is 7. The maximum Gasteiger partial charge on any atom is 0.151 e. The van der Waals surface area contributed by atoms with Crippen LogP contribution in [-0.4, -0.2) is 30.3 Å². The fraction of sp³-hybridized carbons (Fsp3) is 0.533. The maximum absolute atomic E-state index is 12.7. The normalized spacial score (nSPS) is 15.1. The second-order valence-corrected chi connectivity index (χ2v) is 5.11. The SMILES string of the molecule is CCN(CC(=O)Cc1ccc(F)cc1)CC1CC1. The van der Waals surface area contributed by atoms with Crippen molar-refractivity contribution < 1.29 is 9.18 Å². The molecule has 98 valence electrons. The van der Waals surface area contributed by atoms with Crippen molar-refractivity contribution in [2.24, 2.45) is 5.92 Å². The number of hydrogen-bond acceptors (Lipinski definition) is 2. The highest BCUT2D eigenvalue weighted by molar-refractivity contribution is 5.82. The van der Waals surface area contributed by atoms with Crippen LogP contribution in [0.2, 0.25) is 0 Å². The molecule has 0 N–H and O–H groups in total. The van der Waals surface area contributed by atoms with E-state index in [4.69, 9.17) is 0 Å². The van der Waals surface area contributed by atoms with Gasteiger partial charge in [0.2, 0.25) is 0 Å². The van der Waals surface area contributed by atoms with E-state index in [0.717, 1.165) is 24.6 Å². The molecule has 0 aliphatic heterocycles. The van der Waals surface area contributed by atoms with Crippen molar-refractivity contribution in [3.63, 3.8) is 0 Å². The predicted molar refractivity (Wildman–Crippen MR) is 69.9 cm³/mol. The fourth-order valence-corrected chi connectivity index (χ4v) is 2.11. The number of Topliss-reactive ketones (excluding diaryl/α,β-unsaturated/α-hetero) is 1. The zero-order valence-electron chi connectivity index (χ0n) is 10.9. The Morgan fingerprint density at radius 2 is 2.00 bits per heavy atom. The number of nitrogens with zero attached hydrogens (tertiary/aromatic N) is 1. The largest absolute Gasteiger partial charge is 0.298 e. The zero-order chi connectivity index (χ0) is 13.0. The molecule has 0 spiro atoms. The summed E-state index contributed by atoms with van der Waals surface area (Å²) in [4.78, 5) is 14.1. The van der Waals surface area contributed by atoms with Crippen molar-refractivity contribution in [2.75, 3.05) is 19.6 Å². The van der Waals surface area contributed by atoms with Crippen molar-refractivity contribution in [1.29, 1.82) is 0 Å². The lowest BCUT2D eigenvalue weighted by Crippen LogP contribution is -2.32. The number of benzene rings is 1. The molecule has 0 radical (unpaired) electrons. The second kappa shape index (κ2) is 6.10. The Kier molecular flexibility index (Phi) is 4.48. The summed E-state index contributed by atoms with van der Waals surface area (Å²) in [7, 11) is 0. The van der Waals surface area contributed by atoms with Gasteiger partial charge in [0.1, 0.15) is 5.82 Å². The first kappa shape index (κ1) is 13.2. The van der Waals surface area contributed by atoms with Gasteiger partial charge in [-0.1, -0.05) is 19.1 Å². The van der Waals surface area contributed by atoms with Gasteiger partial charge >= 0.3 is 0 Å². The lowest BCUT2D eigenvalue weighted by molar-refractivity contribution is -0.119. The van der Waals surface area contributed by atoms with Gasteiger partial charge in [0.25, 0.3) is 0 Å². The van der Waals surface area contributed by atoms with Crippen LogP contribution in [0.4, 0.5) is 4.39 Å². The van der Waals surface area contributed by atoms with Gasteiger partial charge in [-0.05, 0) is 43.0 Å². The number of hydrogen-bond donors (Lipinski definition) is 0. The molecule has 0 bridgehead atoms. The highest BCUT2D eigenvalue weighted by atomic mass is 19.1. The highest BCUT2D eigenvalue weighted by Crippen LogP contribution is 2.29. The van der Waals surface area contributed by atoms with Crippen molar-refractivity contribution in [1.82, 2.24) is 4.90 Å². The van der Waals surface area contributed by atoms with E-state index in [1.165, 1.54) is 25.0 Å². The molecular weight excluding hydrogens is 229 g/mol. The molecule has 0 atom stereocenters. The number of likely N-dealkylation sites (N-methyl/N-ethyl adjacent to an activating group) is 1. The summed E-state index contributed by atoms with van der Waals surface area (Å²) in [5, 5.41) is 0. The molecule has 2 rings (SSSR count). The van der Waals surface area contributed by atoms with Crippen LogP contribution in [-0.2, 0) is 11.2 Å².